The highest BCUT2D eigenvalue weighted by Crippen LogP contribution is 2.09. The summed E-state index contributed by atoms with van der Waals surface area (Å²) in [4.78, 5) is 32.9. The number of rotatable bonds is 3. The lowest BCUT2D eigenvalue weighted by Gasteiger charge is -2.06. The molecule has 26 heavy (non-hydrogen) atoms. The number of carbonyl (C=O) groups is 1. The summed E-state index contributed by atoms with van der Waals surface area (Å²) >= 11 is 5.82. The van der Waals surface area contributed by atoms with Gasteiger partial charge in [0.1, 0.15) is 12.2 Å². The minimum Gasteiger partial charge on any atom is -0.384 e. The Kier molecular flexibility index (Phi) is 5.27. The molecule has 0 saturated heterocycles. The maximum Gasteiger partial charge on any atom is 0.271 e. The van der Waals surface area contributed by atoms with Crippen molar-refractivity contribution in [2.24, 2.45) is 0 Å². The van der Waals surface area contributed by atoms with Crippen molar-refractivity contribution in [1.82, 2.24) is 19.7 Å². The standard InChI is InChI=1S/C18H13ClN4O3/c19-14-5-3-12(4-6-14)8-20-16(25)15-10-22-18-21-9-13(2-1-7-24)11-23(18)17(15)26/h3-6,9-11,24H,7-8H2,(H,20,25). The van der Waals surface area contributed by atoms with E-state index in [0.29, 0.717) is 10.6 Å². The van der Waals surface area contributed by atoms with Crippen LogP contribution in [0.2, 0.25) is 5.02 Å². The molecule has 1 aromatic carbocycles. The molecule has 0 aliphatic rings. The third-order valence-corrected chi connectivity index (χ3v) is 3.74. The van der Waals surface area contributed by atoms with Gasteiger partial charge in [0.05, 0.1) is 5.56 Å². The fourth-order valence-corrected chi connectivity index (χ4v) is 2.34. The van der Waals surface area contributed by atoms with Crippen molar-refractivity contribution in [3.63, 3.8) is 0 Å². The number of benzene rings is 1. The normalized spacial score (nSPS) is 10.2. The van der Waals surface area contributed by atoms with Crippen LogP contribution in [0, 0.1) is 11.8 Å². The molecule has 0 fully saturated rings. The quantitative estimate of drug-likeness (QED) is 0.673. The van der Waals surface area contributed by atoms with Crippen LogP contribution in [0.5, 0.6) is 0 Å². The van der Waals surface area contributed by atoms with Crippen LogP contribution in [0.25, 0.3) is 5.78 Å². The summed E-state index contributed by atoms with van der Waals surface area (Å²) < 4.78 is 1.15. The second kappa shape index (κ2) is 7.78. The fourth-order valence-electron chi connectivity index (χ4n) is 2.21. The summed E-state index contributed by atoms with van der Waals surface area (Å²) in [5, 5.41) is 12.0. The Hall–Kier alpha value is -3.21. The smallest absolute Gasteiger partial charge is 0.271 e. The third kappa shape index (κ3) is 3.88. The van der Waals surface area contributed by atoms with E-state index in [0.717, 1.165) is 9.96 Å². The van der Waals surface area contributed by atoms with E-state index in [1.54, 1.807) is 24.3 Å². The minimum absolute atomic E-state index is 0.106. The van der Waals surface area contributed by atoms with Crippen LogP contribution in [0.15, 0.2) is 47.7 Å². The van der Waals surface area contributed by atoms with E-state index in [2.05, 4.69) is 27.1 Å². The van der Waals surface area contributed by atoms with Crippen LogP contribution in [-0.4, -0.2) is 32.0 Å². The van der Waals surface area contributed by atoms with E-state index in [1.165, 1.54) is 18.6 Å². The molecule has 0 unspecified atom stereocenters. The Morgan fingerprint density at radius 3 is 2.69 bits per heavy atom. The monoisotopic (exact) mass is 368 g/mol. The van der Waals surface area contributed by atoms with E-state index in [-0.39, 0.29) is 24.5 Å². The van der Waals surface area contributed by atoms with Crippen LogP contribution in [-0.2, 0) is 6.54 Å². The van der Waals surface area contributed by atoms with Gasteiger partial charge in [0.25, 0.3) is 11.5 Å². The zero-order chi connectivity index (χ0) is 18.5. The van der Waals surface area contributed by atoms with Gasteiger partial charge in [0, 0.05) is 30.2 Å². The number of aliphatic hydroxyl groups is 1. The lowest BCUT2D eigenvalue weighted by Crippen LogP contribution is -2.31. The van der Waals surface area contributed by atoms with Gasteiger partial charge >= 0.3 is 0 Å². The fraction of sp³-hybridized carbons (Fsp3) is 0.111. The number of aliphatic hydroxyl groups excluding tert-OH is 1. The van der Waals surface area contributed by atoms with Crippen molar-refractivity contribution >= 4 is 23.3 Å². The first-order valence-electron chi connectivity index (χ1n) is 7.58. The molecule has 7 nitrogen and oxygen atoms in total. The summed E-state index contributed by atoms with van der Waals surface area (Å²) in [6, 6.07) is 7.00. The number of halogens is 1. The van der Waals surface area contributed by atoms with Crippen molar-refractivity contribution in [3.05, 3.63) is 74.9 Å². The molecule has 0 saturated carbocycles. The lowest BCUT2D eigenvalue weighted by molar-refractivity contribution is 0.0949. The van der Waals surface area contributed by atoms with Crippen LogP contribution in [0.4, 0.5) is 0 Å². The predicted molar refractivity (Wildman–Crippen MR) is 95.8 cm³/mol. The second-order valence-corrected chi connectivity index (χ2v) is 5.70. The van der Waals surface area contributed by atoms with Crippen molar-refractivity contribution < 1.29 is 9.90 Å². The molecule has 1 amide bonds. The highest BCUT2D eigenvalue weighted by molar-refractivity contribution is 6.30. The average molecular weight is 369 g/mol. The first-order chi connectivity index (χ1) is 12.6. The molecule has 0 radical (unpaired) electrons. The largest absolute Gasteiger partial charge is 0.384 e. The number of aromatic nitrogens is 3. The molecule has 8 heteroatoms. The van der Waals surface area contributed by atoms with Gasteiger partial charge in [-0.15, -0.1) is 0 Å². The maximum absolute atomic E-state index is 12.6. The molecule has 2 heterocycles. The van der Waals surface area contributed by atoms with Crippen LogP contribution in [0.1, 0.15) is 21.5 Å². The zero-order valence-corrected chi connectivity index (χ0v) is 14.2. The van der Waals surface area contributed by atoms with Crippen molar-refractivity contribution in [1.29, 1.82) is 0 Å². The topological polar surface area (TPSA) is 96.6 Å². The summed E-state index contributed by atoms with van der Waals surface area (Å²) in [5.41, 5.74) is 0.614. The Morgan fingerprint density at radius 2 is 1.96 bits per heavy atom. The van der Waals surface area contributed by atoms with Crippen molar-refractivity contribution in [2.75, 3.05) is 6.61 Å². The Morgan fingerprint density at radius 1 is 1.23 bits per heavy atom. The van der Waals surface area contributed by atoms with E-state index >= 15 is 0 Å². The molecule has 3 aromatic rings. The van der Waals surface area contributed by atoms with Gasteiger partial charge in [-0.2, -0.15) is 0 Å². The molecule has 2 N–H and O–H groups in total. The molecule has 0 aliphatic carbocycles. The predicted octanol–water partition coefficient (Wildman–Crippen LogP) is 1.02. The first kappa shape index (κ1) is 17.6. The summed E-state index contributed by atoms with van der Waals surface area (Å²) in [6.45, 7) is -0.0588. The van der Waals surface area contributed by atoms with Crippen molar-refractivity contribution in [3.8, 4) is 11.8 Å². The van der Waals surface area contributed by atoms with Gasteiger partial charge in [0.15, 0.2) is 0 Å². The number of fused-ring (bicyclic) bond motifs is 1. The molecule has 0 aliphatic heterocycles. The first-order valence-corrected chi connectivity index (χ1v) is 7.96. The SMILES string of the molecule is O=C(NCc1ccc(Cl)cc1)c1cnc2ncc(C#CCO)cn2c1=O. The molecule has 0 spiro atoms. The van der Waals surface area contributed by atoms with Gasteiger partial charge in [-0.25, -0.2) is 14.4 Å². The number of hydrogen-bond donors (Lipinski definition) is 2. The molecular formula is C18H13ClN4O3. The van der Waals surface area contributed by atoms with Gasteiger partial charge in [0.2, 0.25) is 5.78 Å². The number of nitrogens with zero attached hydrogens (tertiary/aromatic N) is 3. The molecule has 2 aromatic heterocycles. The van der Waals surface area contributed by atoms with Crippen molar-refractivity contribution in [2.45, 2.75) is 6.54 Å². The van der Waals surface area contributed by atoms with E-state index in [1.807, 2.05) is 0 Å². The number of amides is 1. The Balaban J connectivity index is 1.86. The van der Waals surface area contributed by atoms with Gasteiger partial charge in [-0.1, -0.05) is 35.6 Å². The lowest BCUT2D eigenvalue weighted by atomic mass is 10.2. The second-order valence-electron chi connectivity index (χ2n) is 5.26. The number of hydrogen-bond acceptors (Lipinski definition) is 5. The molecular weight excluding hydrogens is 356 g/mol. The summed E-state index contributed by atoms with van der Waals surface area (Å²) in [5.74, 6) is 4.73. The molecule has 0 atom stereocenters. The average Bonchev–Trinajstić information content (AvgIpc) is 2.66. The molecule has 130 valence electrons. The Bertz CT molecular complexity index is 1080. The highest BCUT2D eigenvalue weighted by Gasteiger charge is 2.13. The number of carbonyl (C=O) groups excluding carboxylic acids is 1. The minimum atomic E-state index is -0.552. The zero-order valence-electron chi connectivity index (χ0n) is 13.4. The van der Waals surface area contributed by atoms with Gasteiger partial charge in [-0.3, -0.25) is 9.59 Å². The third-order valence-electron chi connectivity index (χ3n) is 3.48. The maximum atomic E-state index is 12.6. The summed E-state index contributed by atoms with van der Waals surface area (Å²) in [6.07, 6.45) is 4.06. The van der Waals surface area contributed by atoms with Crippen LogP contribution >= 0.6 is 11.6 Å². The molecule has 3 rings (SSSR count). The Labute approximate surface area is 153 Å². The van der Waals surface area contributed by atoms with E-state index < -0.39 is 11.5 Å². The van der Waals surface area contributed by atoms with E-state index in [4.69, 9.17) is 16.7 Å². The highest BCUT2D eigenvalue weighted by atomic mass is 35.5. The van der Waals surface area contributed by atoms with Crippen LogP contribution < -0.4 is 10.9 Å². The van der Waals surface area contributed by atoms with Gasteiger partial charge < -0.3 is 10.4 Å². The number of nitrogens with one attached hydrogen (secondary N) is 1. The molecule has 0 bridgehead atoms. The van der Waals surface area contributed by atoms with Gasteiger partial charge in [-0.05, 0) is 17.7 Å². The summed E-state index contributed by atoms with van der Waals surface area (Å²) in [7, 11) is 0. The van der Waals surface area contributed by atoms with E-state index in [9.17, 15) is 9.59 Å². The van der Waals surface area contributed by atoms with Crippen LogP contribution in [0.3, 0.4) is 0 Å².